The molecule has 0 spiro atoms. The third-order valence-corrected chi connectivity index (χ3v) is 2.12. The van der Waals surface area contributed by atoms with E-state index in [2.05, 4.69) is 26.4 Å². The molecule has 80 valence electrons. The highest BCUT2D eigenvalue weighted by molar-refractivity contribution is 9.10. The van der Waals surface area contributed by atoms with Crippen LogP contribution in [-0.4, -0.2) is 17.1 Å². The van der Waals surface area contributed by atoms with Gasteiger partial charge in [0.1, 0.15) is 0 Å². The number of primary amides is 1. The quantitative estimate of drug-likeness (QED) is 0.279. The van der Waals surface area contributed by atoms with Gasteiger partial charge in [-0.25, -0.2) is 4.79 Å². The number of carbonyl (C=O) groups is 1. The van der Waals surface area contributed by atoms with E-state index in [9.17, 15) is 4.79 Å². The average Bonchev–Trinajstić information content (AvgIpc) is 2.19. The minimum Gasteiger partial charge on any atom is -0.409 e. The number of nitrogens with one attached hydrogen (secondary N) is 1. The first-order valence-corrected chi connectivity index (χ1v) is 4.68. The number of halogens is 1. The number of urea groups is 1. The molecule has 0 aliphatic heterocycles. The van der Waals surface area contributed by atoms with Crippen molar-refractivity contribution in [1.82, 2.24) is 0 Å². The van der Waals surface area contributed by atoms with E-state index in [4.69, 9.17) is 16.7 Å². The molecule has 0 saturated heterocycles. The summed E-state index contributed by atoms with van der Waals surface area (Å²) in [7, 11) is 0. The van der Waals surface area contributed by atoms with Crippen LogP contribution in [0.15, 0.2) is 27.8 Å². The molecule has 6 N–H and O–H groups in total. The van der Waals surface area contributed by atoms with E-state index in [1.54, 1.807) is 18.2 Å². The Bertz CT molecular complexity index is 419. The Kier molecular flexibility index (Phi) is 3.51. The fraction of sp³-hybridized carbons (Fsp3) is 0. The number of nitrogens with zero attached hydrogens (tertiary/aromatic N) is 1. The number of anilines is 1. The Labute approximate surface area is 94.1 Å². The highest BCUT2D eigenvalue weighted by Gasteiger charge is 2.08. The SMILES string of the molecule is NC(=O)Nc1ccc(Br)cc1/C(N)=N/O. The van der Waals surface area contributed by atoms with E-state index in [0.717, 1.165) is 4.47 Å². The molecule has 0 fully saturated rings. The topological polar surface area (TPSA) is 114 Å². The number of hydrogen-bond acceptors (Lipinski definition) is 3. The van der Waals surface area contributed by atoms with Crippen LogP contribution in [0.25, 0.3) is 0 Å². The molecule has 2 amide bonds. The van der Waals surface area contributed by atoms with Gasteiger partial charge in [-0.2, -0.15) is 0 Å². The van der Waals surface area contributed by atoms with Gasteiger partial charge in [0.2, 0.25) is 0 Å². The van der Waals surface area contributed by atoms with Crippen molar-refractivity contribution < 1.29 is 10.0 Å². The van der Waals surface area contributed by atoms with Gasteiger partial charge in [-0.15, -0.1) is 0 Å². The number of amidine groups is 1. The average molecular weight is 273 g/mol. The number of benzene rings is 1. The number of rotatable bonds is 2. The molecular formula is C8H9BrN4O2. The van der Waals surface area contributed by atoms with Gasteiger partial charge in [0.25, 0.3) is 0 Å². The van der Waals surface area contributed by atoms with Crippen LogP contribution in [0.2, 0.25) is 0 Å². The van der Waals surface area contributed by atoms with E-state index >= 15 is 0 Å². The monoisotopic (exact) mass is 272 g/mol. The molecule has 0 radical (unpaired) electrons. The molecule has 0 aliphatic carbocycles. The Morgan fingerprint density at radius 2 is 2.13 bits per heavy atom. The first-order chi connectivity index (χ1) is 7.04. The predicted octanol–water partition coefficient (Wildman–Crippen LogP) is 1.03. The molecule has 0 heterocycles. The molecule has 0 saturated carbocycles. The molecule has 15 heavy (non-hydrogen) atoms. The minimum absolute atomic E-state index is 0.111. The maximum Gasteiger partial charge on any atom is 0.316 e. The van der Waals surface area contributed by atoms with Crippen LogP contribution in [0.4, 0.5) is 10.5 Å². The molecule has 7 heteroatoms. The number of nitrogens with two attached hydrogens (primary N) is 2. The van der Waals surface area contributed by atoms with Crippen molar-refractivity contribution >= 4 is 33.5 Å². The standard InChI is InChI=1S/C8H9BrN4O2/c9-4-1-2-6(12-8(11)14)5(3-4)7(10)13-15/h1-3,15H,(H2,10,13)(H3,11,12,14). The van der Waals surface area contributed by atoms with E-state index in [1.165, 1.54) is 0 Å². The van der Waals surface area contributed by atoms with Crippen LogP contribution >= 0.6 is 15.9 Å². The number of oxime groups is 1. The lowest BCUT2D eigenvalue weighted by molar-refractivity contribution is 0.259. The summed E-state index contributed by atoms with van der Waals surface area (Å²) in [5, 5.41) is 13.8. The van der Waals surface area contributed by atoms with Gasteiger partial charge in [0.05, 0.1) is 5.69 Å². The third-order valence-electron chi connectivity index (χ3n) is 1.62. The van der Waals surface area contributed by atoms with Crippen LogP contribution in [0.1, 0.15) is 5.56 Å². The number of amides is 2. The van der Waals surface area contributed by atoms with Crippen LogP contribution in [0.3, 0.4) is 0 Å². The minimum atomic E-state index is -0.718. The molecule has 0 bridgehead atoms. The van der Waals surface area contributed by atoms with Gasteiger partial charge in [-0.05, 0) is 18.2 Å². The maximum absolute atomic E-state index is 10.7. The van der Waals surface area contributed by atoms with Crippen molar-refractivity contribution in [3.05, 3.63) is 28.2 Å². The highest BCUT2D eigenvalue weighted by atomic mass is 79.9. The largest absolute Gasteiger partial charge is 0.409 e. The van der Waals surface area contributed by atoms with Gasteiger partial charge in [-0.3, -0.25) is 0 Å². The first-order valence-electron chi connectivity index (χ1n) is 3.88. The Morgan fingerprint density at radius 3 is 2.67 bits per heavy atom. The zero-order valence-electron chi connectivity index (χ0n) is 7.57. The summed E-state index contributed by atoms with van der Waals surface area (Å²) >= 11 is 3.22. The molecule has 1 rings (SSSR count). The zero-order valence-corrected chi connectivity index (χ0v) is 9.15. The second kappa shape index (κ2) is 4.65. The van der Waals surface area contributed by atoms with Gasteiger partial charge >= 0.3 is 6.03 Å². The number of hydrogen-bond donors (Lipinski definition) is 4. The first kappa shape index (κ1) is 11.3. The lowest BCUT2D eigenvalue weighted by atomic mass is 10.1. The van der Waals surface area contributed by atoms with Crippen molar-refractivity contribution in [2.45, 2.75) is 0 Å². The van der Waals surface area contributed by atoms with Gasteiger partial charge < -0.3 is 22.0 Å². The fourth-order valence-corrected chi connectivity index (χ4v) is 1.39. The Morgan fingerprint density at radius 1 is 1.47 bits per heavy atom. The lowest BCUT2D eigenvalue weighted by Crippen LogP contribution is -2.23. The lowest BCUT2D eigenvalue weighted by Gasteiger charge is -2.08. The molecule has 1 aromatic rings. The van der Waals surface area contributed by atoms with E-state index < -0.39 is 6.03 Å². The maximum atomic E-state index is 10.7. The molecular weight excluding hydrogens is 264 g/mol. The summed E-state index contributed by atoms with van der Waals surface area (Å²) in [5.74, 6) is -0.111. The van der Waals surface area contributed by atoms with Gasteiger partial charge in [0.15, 0.2) is 5.84 Å². The van der Waals surface area contributed by atoms with Crippen molar-refractivity contribution in [2.75, 3.05) is 5.32 Å². The van der Waals surface area contributed by atoms with Crippen molar-refractivity contribution in [3.63, 3.8) is 0 Å². The molecule has 1 aromatic carbocycles. The molecule has 0 unspecified atom stereocenters. The summed E-state index contributed by atoms with van der Waals surface area (Å²) < 4.78 is 0.735. The zero-order chi connectivity index (χ0) is 11.4. The number of carbonyl (C=O) groups excluding carboxylic acids is 1. The van der Waals surface area contributed by atoms with Crippen molar-refractivity contribution in [1.29, 1.82) is 0 Å². The summed E-state index contributed by atoms with van der Waals surface area (Å²) in [5.41, 5.74) is 11.2. The van der Waals surface area contributed by atoms with E-state index in [0.29, 0.717) is 11.3 Å². The van der Waals surface area contributed by atoms with Gasteiger partial charge in [-0.1, -0.05) is 21.1 Å². The predicted molar refractivity (Wildman–Crippen MR) is 59.9 cm³/mol. The van der Waals surface area contributed by atoms with Crippen molar-refractivity contribution in [3.8, 4) is 0 Å². The van der Waals surface area contributed by atoms with Gasteiger partial charge in [0, 0.05) is 10.0 Å². The van der Waals surface area contributed by atoms with Crippen LogP contribution < -0.4 is 16.8 Å². The third kappa shape index (κ3) is 2.84. The van der Waals surface area contributed by atoms with Crippen LogP contribution in [0, 0.1) is 0 Å². The molecule has 0 atom stereocenters. The smallest absolute Gasteiger partial charge is 0.316 e. The van der Waals surface area contributed by atoms with Crippen molar-refractivity contribution in [2.24, 2.45) is 16.6 Å². The molecule has 0 aliphatic rings. The fourth-order valence-electron chi connectivity index (χ4n) is 1.02. The summed E-state index contributed by atoms with van der Waals surface area (Å²) in [4.78, 5) is 10.7. The summed E-state index contributed by atoms with van der Waals surface area (Å²) in [6.45, 7) is 0. The summed E-state index contributed by atoms with van der Waals surface area (Å²) in [6, 6.07) is 4.16. The second-order valence-electron chi connectivity index (χ2n) is 2.66. The van der Waals surface area contributed by atoms with E-state index in [1.807, 2.05) is 0 Å². The van der Waals surface area contributed by atoms with E-state index in [-0.39, 0.29) is 5.84 Å². The molecule has 6 nitrogen and oxygen atoms in total. The highest BCUT2D eigenvalue weighted by Crippen LogP contribution is 2.20. The van der Waals surface area contributed by atoms with Crippen LogP contribution in [0.5, 0.6) is 0 Å². The summed E-state index contributed by atoms with van der Waals surface area (Å²) in [6.07, 6.45) is 0. The van der Waals surface area contributed by atoms with Crippen LogP contribution in [-0.2, 0) is 0 Å². The Balaban J connectivity index is 3.20. The second-order valence-corrected chi connectivity index (χ2v) is 3.58. The Hall–Kier alpha value is -1.76. The molecule has 0 aromatic heterocycles. The normalized spacial score (nSPS) is 11.1.